The molecule has 0 saturated heterocycles. The molecule has 114 valence electrons. The van der Waals surface area contributed by atoms with Gasteiger partial charge in [-0.15, -0.1) is 0 Å². The number of halogens is 3. The van der Waals surface area contributed by atoms with Crippen LogP contribution >= 0.6 is 38.2 Å². The molecule has 0 saturated carbocycles. The van der Waals surface area contributed by atoms with Crippen molar-refractivity contribution in [3.8, 4) is 5.69 Å². The van der Waals surface area contributed by atoms with Gasteiger partial charge in [-0.1, -0.05) is 27.5 Å². The van der Waals surface area contributed by atoms with E-state index >= 15 is 0 Å². The summed E-state index contributed by atoms with van der Waals surface area (Å²) in [7, 11) is 2.85. The minimum Gasteiger partial charge on any atom is -0.378 e. The first-order valence-corrected chi connectivity index (χ1v) is 9.21. The predicted molar refractivity (Wildman–Crippen MR) is 84.8 cm³/mol. The van der Waals surface area contributed by atoms with Crippen molar-refractivity contribution in [2.75, 3.05) is 7.11 Å². The number of methoxy groups -OCH3 is 1. The largest absolute Gasteiger partial charge is 0.378 e. The van der Waals surface area contributed by atoms with Crippen LogP contribution in [-0.4, -0.2) is 25.3 Å². The van der Waals surface area contributed by atoms with E-state index in [2.05, 4.69) is 21.0 Å². The second-order valence-electron chi connectivity index (χ2n) is 4.28. The van der Waals surface area contributed by atoms with Crippen molar-refractivity contribution >= 4 is 47.3 Å². The summed E-state index contributed by atoms with van der Waals surface area (Å²) in [4.78, 5) is -0.227. The van der Waals surface area contributed by atoms with Crippen LogP contribution in [0.1, 0.15) is 11.3 Å². The fourth-order valence-electron chi connectivity index (χ4n) is 1.91. The van der Waals surface area contributed by atoms with E-state index in [9.17, 15) is 8.42 Å². The van der Waals surface area contributed by atoms with Gasteiger partial charge in [0.2, 0.25) is 0 Å². The zero-order valence-electron chi connectivity index (χ0n) is 11.1. The zero-order valence-corrected chi connectivity index (χ0v) is 15.0. The van der Waals surface area contributed by atoms with Crippen LogP contribution in [0.15, 0.2) is 27.6 Å². The molecule has 0 unspecified atom stereocenters. The molecule has 21 heavy (non-hydrogen) atoms. The highest BCUT2D eigenvalue weighted by atomic mass is 79.9. The van der Waals surface area contributed by atoms with Crippen LogP contribution in [0.4, 0.5) is 0 Å². The molecular formula is C12H11BrCl2N2O3S. The maximum atomic E-state index is 11.7. The molecular weight excluding hydrogens is 403 g/mol. The molecule has 1 heterocycles. The van der Waals surface area contributed by atoms with Crippen molar-refractivity contribution in [3.05, 3.63) is 39.1 Å². The number of hydrogen-bond donors (Lipinski definition) is 0. The maximum Gasteiger partial charge on any atom is 0.266 e. The minimum absolute atomic E-state index is 0.0103. The highest BCUT2D eigenvalue weighted by molar-refractivity contribution is 9.10. The number of benzene rings is 1. The Kier molecular flexibility index (Phi) is 4.99. The van der Waals surface area contributed by atoms with E-state index in [0.29, 0.717) is 5.69 Å². The molecule has 2 rings (SSSR count). The summed E-state index contributed by atoms with van der Waals surface area (Å²) in [6, 6.07) is 5.46. The minimum atomic E-state index is -4.03. The van der Waals surface area contributed by atoms with Crippen LogP contribution in [0, 0.1) is 6.92 Å². The first-order valence-electron chi connectivity index (χ1n) is 5.73. The standard InChI is InChI=1S/C12H11BrCl2N2O3S/c1-7-5-8(13)3-4-10(7)17-12(14)11(21(15,18)19)9(16-17)6-20-2/h3-5H,6H2,1-2H3. The summed E-state index contributed by atoms with van der Waals surface area (Å²) in [6.07, 6.45) is 0. The molecule has 2 aromatic rings. The van der Waals surface area contributed by atoms with E-state index in [-0.39, 0.29) is 22.3 Å². The molecule has 9 heteroatoms. The van der Waals surface area contributed by atoms with Crippen molar-refractivity contribution in [1.29, 1.82) is 0 Å². The molecule has 0 radical (unpaired) electrons. The van der Waals surface area contributed by atoms with Crippen LogP contribution in [-0.2, 0) is 20.4 Å². The fraction of sp³-hybridized carbons (Fsp3) is 0.250. The molecule has 1 aromatic carbocycles. The van der Waals surface area contributed by atoms with Crippen LogP contribution in [0.3, 0.4) is 0 Å². The zero-order chi connectivity index (χ0) is 15.8. The Labute approximate surface area is 140 Å². The summed E-state index contributed by atoms with van der Waals surface area (Å²) in [5.74, 6) is 0. The van der Waals surface area contributed by atoms with E-state index < -0.39 is 9.05 Å². The van der Waals surface area contributed by atoms with E-state index in [4.69, 9.17) is 27.0 Å². The predicted octanol–water partition coefficient (Wildman–Crippen LogP) is 3.67. The number of hydrogen-bond acceptors (Lipinski definition) is 4. The molecule has 1 aromatic heterocycles. The first-order chi connectivity index (χ1) is 9.75. The van der Waals surface area contributed by atoms with Crippen LogP contribution in [0.25, 0.3) is 5.69 Å². The van der Waals surface area contributed by atoms with Gasteiger partial charge < -0.3 is 4.74 Å². The molecule has 0 fully saturated rings. The Morgan fingerprint density at radius 2 is 2.10 bits per heavy atom. The first kappa shape index (κ1) is 16.8. The lowest BCUT2D eigenvalue weighted by atomic mass is 10.2. The summed E-state index contributed by atoms with van der Waals surface area (Å²) < 4.78 is 30.6. The molecule has 0 amide bonds. The van der Waals surface area contributed by atoms with Crippen LogP contribution in [0.5, 0.6) is 0 Å². The Bertz CT molecular complexity index is 790. The van der Waals surface area contributed by atoms with Crippen molar-refractivity contribution in [2.24, 2.45) is 0 Å². The lowest BCUT2D eigenvalue weighted by molar-refractivity contribution is 0.179. The summed E-state index contributed by atoms with van der Waals surface area (Å²) >= 11 is 9.53. The van der Waals surface area contributed by atoms with Gasteiger partial charge in [0.1, 0.15) is 10.6 Å². The molecule has 0 bridgehead atoms. The van der Waals surface area contributed by atoms with E-state index in [0.717, 1.165) is 10.0 Å². The number of aromatic nitrogens is 2. The Balaban J connectivity index is 2.71. The maximum absolute atomic E-state index is 11.7. The van der Waals surface area contributed by atoms with Crippen LogP contribution in [0.2, 0.25) is 5.15 Å². The highest BCUT2D eigenvalue weighted by Gasteiger charge is 2.27. The van der Waals surface area contributed by atoms with Gasteiger partial charge in [-0.3, -0.25) is 0 Å². The molecule has 0 N–H and O–H groups in total. The summed E-state index contributed by atoms with van der Waals surface area (Å²) in [5.41, 5.74) is 1.70. The van der Waals surface area contributed by atoms with Gasteiger partial charge in [-0.2, -0.15) is 5.10 Å². The lowest BCUT2D eigenvalue weighted by Crippen LogP contribution is -2.00. The Morgan fingerprint density at radius 3 is 2.62 bits per heavy atom. The third-order valence-electron chi connectivity index (χ3n) is 2.77. The lowest BCUT2D eigenvalue weighted by Gasteiger charge is -2.07. The van der Waals surface area contributed by atoms with Gasteiger partial charge in [0.25, 0.3) is 9.05 Å². The number of nitrogens with zero attached hydrogens (tertiary/aromatic N) is 2. The Morgan fingerprint density at radius 1 is 1.43 bits per heavy atom. The topological polar surface area (TPSA) is 61.2 Å². The number of rotatable bonds is 4. The van der Waals surface area contributed by atoms with Crippen molar-refractivity contribution in [2.45, 2.75) is 18.4 Å². The second kappa shape index (κ2) is 6.26. The van der Waals surface area contributed by atoms with Crippen LogP contribution < -0.4 is 0 Å². The van der Waals surface area contributed by atoms with Crippen molar-refractivity contribution in [3.63, 3.8) is 0 Å². The summed E-state index contributed by atoms with van der Waals surface area (Å²) in [5, 5.41) is 4.14. The quantitative estimate of drug-likeness (QED) is 0.717. The Hall–Kier alpha value is -0.600. The monoisotopic (exact) mass is 412 g/mol. The average Bonchev–Trinajstić information content (AvgIpc) is 2.66. The van der Waals surface area contributed by atoms with Gasteiger partial charge in [0.05, 0.1) is 12.3 Å². The normalized spacial score (nSPS) is 11.9. The molecule has 0 aliphatic heterocycles. The summed E-state index contributed by atoms with van der Waals surface area (Å²) in [6.45, 7) is 1.85. The van der Waals surface area contributed by atoms with E-state index in [1.807, 2.05) is 19.1 Å². The third-order valence-corrected chi connectivity index (χ3v) is 5.10. The van der Waals surface area contributed by atoms with Gasteiger partial charge in [-0.05, 0) is 30.7 Å². The fourth-order valence-corrected chi connectivity index (χ4v) is 4.21. The number of ether oxygens (including phenoxy) is 1. The SMILES string of the molecule is COCc1nn(-c2ccc(Br)cc2C)c(Cl)c1S(=O)(=O)Cl. The van der Waals surface area contributed by atoms with Gasteiger partial charge in [-0.25, -0.2) is 13.1 Å². The van der Waals surface area contributed by atoms with Gasteiger partial charge >= 0.3 is 0 Å². The van der Waals surface area contributed by atoms with Crippen molar-refractivity contribution < 1.29 is 13.2 Å². The molecule has 0 aliphatic carbocycles. The molecule has 5 nitrogen and oxygen atoms in total. The van der Waals surface area contributed by atoms with E-state index in [1.165, 1.54) is 11.8 Å². The van der Waals surface area contributed by atoms with E-state index in [1.54, 1.807) is 6.07 Å². The second-order valence-corrected chi connectivity index (χ2v) is 8.06. The smallest absolute Gasteiger partial charge is 0.266 e. The molecule has 0 aliphatic rings. The van der Waals surface area contributed by atoms with Gasteiger partial charge in [0.15, 0.2) is 5.15 Å². The van der Waals surface area contributed by atoms with Crippen molar-refractivity contribution in [1.82, 2.24) is 9.78 Å². The average molecular weight is 414 g/mol. The third kappa shape index (κ3) is 3.43. The molecule has 0 spiro atoms. The van der Waals surface area contributed by atoms with Gasteiger partial charge in [0, 0.05) is 22.3 Å². The highest BCUT2D eigenvalue weighted by Crippen LogP contribution is 2.32. The molecule has 0 atom stereocenters. The number of aryl methyl sites for hydroxylation is 1.